The maximum Gasteiger partial charge on any atom is 0.354 e. The van der Waals surface area contributed by atoms with E-state index in [2.05, 4.69) is 4.98 Å². The Bertz CT molecular complexity index is 952. The molecule has 0 amide bonds. The van der Waals surface area contributed by atoms with Crippen LogP contribution in [0.4, 0.5) is 0 Å². The van der Waals surface area contributed by atoms with Crippen molar-refractivity contribution in [3.8, 4) is 0 Å². The Morgan fingerprint density at radius 2 is 2.14 bits per heavy atom. The number of aromatic carboxylic acids is 1. The van der Waals surface area contributed by atoms with Crippen molar-refractivity contribution in [2.24, 2.45) is 0 Å². The molecular weight excluding hydrogens is 300 g/mol. The average Bonchev–Trinajstić information content (AvgIpc) is 3.11. The van der Waals surface area contributed by atoms with Gasteiger partial charge in [0.2, 0.25) is 0 Å². The Hall–Kier alpha value is -2.44. The number of nitrogens with zero attached hydrogens (tertiary/aromatic N) is 2. The van der Waals surface area contributed by atoms with E-state index in [1.807, 2.05) is 29.6 Å². The lowest BCUT2D eigenvalue weighted by atomic mass is 10.0. The second-order valence-electron chi connectivity index (χ2n) is 5.20. The number of benzene rings is 1. The minimum atomic E-state index is -1.00. The molecule has 0 fully saturated rings. The molecule has 0 saturated carbocycles. The minimum absolute atomic E-state index is 0.172. The number of carboxylic acid groups (broad SMARTS) is 1. The molecule has 1 aromatic carbocycles. The number of imidazole rings is 1. The van der Waals surface area contributed by atoms with Gasteiger partial charge in [-0.2, -0.15) is 0 Å². The van der Waals surface area contributed by atoms with Gasteiger partial charge in [-0.05, 0) is 24.1 Å². The minimum Gasteiger partial charge on any atom is -0.477 e. The van der Waals surface area contributed by atoms with Gasteiger partial charge in [0.1, 0.15) is 0 Å². The zero-order chi connectivity index (χ0) is 15.4. The molecule has 1 atom stereocenters. The van der Waals surface area contributed by atoms with E-state index in [9.17, 15) is 15.0 Å². The van der Waals surface area contributed by atoms with Gasteiger partial charge in [0.05, 0.1) is 17.5 Å². The van der Waals surface area contributed by atoms with Crippen molar-refractivity contribution in [2.75, 3.05) is 0 Å². The molecule has 0 bridgehead atoms. The quantitative estimate of drug-likeness (QED) is 0.763. The highest BCUT2D eigenvalue weighted by atomic mass is 32.1. The highest BCUT2D eigenvalue weighted by molar-refractivity contribution is 7.15. The Morgan fingerprint density at radius 1 is 1.36 bits per heavy atom. The van der Waals surface area contributed by atoms with Crippen molar-refractivity contribution in [2.45, 2.75) is 13.0 Å². The first kappa shape index (κ1) is 13.2. The third kappa shape index (κ3) is 1.68. The maximum atomic E-state index is 11.5. The highest BCUT2D eigenvalue weighted by Gasteiger charge is 2.27. The predicted octanol–water partition coefficient (Wildman–Crippen LogP) is 2.88. The third-order valence-electron chi connectivity index (χ3n) is 3.91. The standard InChI is InChI=1S/C16H12N2O3S/c1-8-14(15(20)21)18-12(7-22-16(18)17-8)11-6-13(19)10-5-3-2-4-9(10)11/h2-7,13,19H,1H3,(H,20,21). The first-order valence-corrected chi connectivity index (χ1v) is 7.65. The molecule has 5 nitrogen and oxygen atoms in total. The number of thiazole rings is 1. The fourth-order valence-corrected chi connectivity index (χ4v) is 3.90. The Balaban J connectivity index is 2.01. The second kappa shape index (κ2) is 4.53. The number of aliphatic hydroxyl groups is 1. The Morgan fingerprint density at radius 3 is 2.91 bits per heavy atom. The van der Waals surface area contributed by atoms with Gasteiger partial charge in [-0.1, -0.05) is 24.3 Å². The zero-order valence-electron chi connectivity index (χ0n) is 11.6. The van der Waals surface area contributed by atoms with Crippen LogP contribution in [-0.2, 0) is 0 Å². The van der Waals surface area contributed by atoms with Crippen LogP contribution in [0.1, 0.15) is 39.1 Å². The zero-order valence-corrected chi connectivity index (χ0v) is 12.5. The van der Waals surface area contributed by atoms with E-state index in [0.717, 1.165) is 22.4 Å². The van der Waals surface area contributed by atoms with Gasteiger partial charge in [0.15, 0.2) is 10.7 Å². The SMILES string of the molecule is Cc1nc2scc(C3=CC(O)c4ccccc43)n2c1C(=O)O. The summed E-state index contributed by atoms with van der Waals surface area (Å²) in [4.78, 5) is 16.5. The molecule has 0 aliphatic heterocycles. The number of aromatic nitrogens is 2. The number of carboxylic acids is 1. The maximum absolute atomic E-state index is 11.5. The van der Waals surface area contributed by atoms with Crippen molar-refractivity contribution in [3.05, 3.63) is 63.9 Å². The number of aliphatic hydroxyl groups excluding tert-OH is 1. The van der Waals surface area contributed by atoms with E-state index in [-0.39, 0.29) is 5.69 Å². The number of rotatable bonds is 2. The summed E-state index contributed by atoms with van der Waals surface area (Å²) in [6.07, 6.45) is 1.09. The van der Waals surface area contributed by atoms with Crippen molar-refractivity contribution in [1.82, 2.24) is 9.38 Å². The van der Waals surface area contributed by atoms with Crippen molar-refractivity contribution >= 4 is 27.8 Å². The summed E-state index contributed by atoms with van der Waals surface area (Å²) in [6.45, 7) is 1.69. The van der Waals surface area contributed by atoms with E-state index < -0.39 is 12.1 Å². The third-order valence-corrected chi connectivity index (χ3v) is 4.74. The van der Waals surface area contributed by atoms with Crippen LogP contribution in [0.3, 0.4) is 0 Å². The molecule has 2 heterocycles. The van der Waals surface area contributed by atoms with E-state index in [4.69, 9.17) is 0 Å². The number of hydrogen-bond acceptors (Lipinski definition) is 4. The largest absolute Gasteiger partial charge is 0.477 e. The lowest BCUT2D eigenvalue weighted by Gasteiger charge is -2.06. The molecule has 1 aliphatic carbocycles. The van der Waals surface area contributed by atoms with Gasteiger partial charge in [-0.15, -0.1) is 11.3 Å². The van der Waals surface area contributed by atoms with Gasteiger partial charge in [0.25, 0.3) is 0 Å². The van der Waals surface area contributed by atoms with Gasteiger partial charge in [-0.25, -0.2) is 9.78 Å². The molecule has 1 unspecified atom stereocenters. The molecule has 22 heavy (non-hydrogen) atoms. The lowest BCUT2D eigenvalue weighted by molar-refractivity contribution is 0.0688. The highest BCUT2D eigenvalue weighted by Crippen LogP contribution is 2.39. The monoisotopic (exact) mass is 312 g/mol. The normalized spacial score (nSPS) is 16.8. The number of fused-ring (bicyclic) bond motifs is 2. The van der Waals surface area contributed by atoms with E-state index >= 15 is 0 Å². The van der Waals surface area contributed by atoms with Crippen LogP contribution in [-0.4, -0.2) is 25.6 Å². The summed E-state index contributed by atoms with van der Waals surface area (Å²) >= 11 is 1.40. The van der Waals surface area contributed by atoms with Crippen molar-refractivity contribution in [1.29, 1.82) is 0 Å². The van der Waals surface area contributed by atoms with E-state index in [1.54, 1.807) is 17.4 Å². The van der Waals surface area contributed by atoms with Crippen LogP contribution in [0, 0.1) is 6.92 Å². The molecule has 6 heteroatoms. The van der Waals surface area contributed by atoms with Crippen LogP contribution in [0.5, 0.6) is 0 Å². The molecule has 3 aromatic rings. The van der Waals surface area contributed by atoms with Crippen LogP contribution >= 0.6 is 11.3 Å². The first-order valence-electron chi connectivity index (χ1n) is 6.77. The summed E-state index contributed by atoms with van der Waals surface area (Å²) in [6, 6.07) is 7.60. The number of aryl methyl sites for hydroxylation is 1. The second-order valence-corrected chi connectivity index (χ2v) is 6.04. The topological polar surface area (TPSA) is 74.8 Å². The van der Waals surface area contributed by atoms with Gasteiger partial charge >= 0.3 is 5.97 Å². The number of carbonyl (C=O) groups is 1. The number of hydrogen-bond donors (Lipinski definition) is 2. The lowest BCUT2D eigenvalue weighted by Crippen LogP contribution is -2.05. The summed E-state index contributed by atoms with van der Waals surface area (Å²) < 4.78 is 1.66. The van der Waals surface area contributed by atoms with Gasteiger partial charge in [0, 0.05) is 11.0 Å². The van der Waals surface area contributed by atoms with E-state index in [1.165, 1.54) is 11.3 Å². The summed E-state index contributed by atoms with van der Waals surface area (Å²) in [5.41, 5.74) is 4.03. The molecule has 0 radical (unpaired) electrons. The van der Waals surface area contributed by atoms with Crippen molar-refractivity contribution in [3.63, 3.8) is 0 Å². The molecule has 110 valence electrons. The fourth-order valence-electron chi connectivity index (χ4n) is 2.96. The average molecular weight is 312 g/mol. The molecule has 2 N–H and O–H groups in total. The predicted molar refractivity (Wildman–Crippen MR) is 83.2 cm³/mol. The van der Waals surface area contributed by atoms with Gasteiger partial charge in [-0.3, -0.25) is 4.40 Å². The van der Waals surface area contributed by atoms with Gasteiger partial charge < -0.3 is 10.2 Å². The Labute approximate surface area is 129 Å². The molecular formula is C16H12N2O3S. The van der Waals surface area contributed by atoms with Crippen LogP contribution in [0.25, 0.3) is 10.5 Å². The van der Waals surface area contributed by atoms with E-state index in [0.29, 0.717) is 10.7 Å². The molecule has 0 spiro atoms. The summed E-state index contributed by atoms with van der Waals surface area (Å²) in [5.74, 6) is -1.00. The Kier molecular flexibility index (Phi) is 2.72. The van der Waals surface area contributed by atoms with Crippen LogP contribution in [0.2, 0.25) is 0 Å². The smallest absolute Gasteiger partial charge is 0.354 e. The first-order chi connectivity index (χ1) is 10.6. The summed E-state index contributed by atoms with van der Waals surface area (Å²) in [7, 11) is 0. The van der Waals surface area contributed by atoms with Crippen LogP contribution < -0.4 is 0 Å². The summed E-state index contributed by atoms with van der Waals surface area (Å²) in [5, 5.41) is 21.5. The molecule has 1 aliphatic rings. The fraction of sp³-hybridized carbons (Fsp3) is 0.125. The van der Waals surface area contributed by atoms with Crippen molar-refractivity contribution < 1.29 is 15.0 Å². The molecule has 0 saturated heterocycles. The molecule has 4 rings (SSSR count). The van der Waals surface area contributed by atoms with Crippen LogP contribution in [0.15, 0.2) is 35.7 Å². The molecule has 2 aromatic heterocycles.